The van der Waals surface area contributed by atoms with E-state index in [0.717, 1.165) is 15.1 Å². The maximum atomic E-state index is 12.7. The van der Waals surface area contributed by atoms with Gasteiger partial charge in [0.25, 0.3) is 5.95 Å². The number of hydrogen-bond donors (Lipinski definition) is 0. The van der Waals surface area contributed by atoms with Crippen LogP contribution in [0.1, 0.15) is 26.3 Å². The molecule has 0 radical (unpaired) electrons. The Hall–Kier alpha value is -4.87. The third-order valence-electron chi connectivity index (χ3n) is 4.64. The van der Waals surface area contributed by atoms with Crippen LogP contribution in [0.3, 0.4) is 0 Å². The second-order valence-electron chi connectivity index (χ2n) is 8.76. The number of imidazole rings is 1. The van der Waals surface area contributed by atoms with Crippen LogP contribution < -0.4 is 9.47 Å². The number of carbonyl (C=O) groups excluding carboxylic acids is 2. The standard InChI is InChI=1S/C25H25N7O5/c1-25(2,3)37-24(34)32-16-26-19-20(32)27-22(28-21(19)35-15-17-11-7-5-8-12-17)29-30-31(4)23(33)36-18-13-9-6-10-14-18/h5-14,16H,15H2,1-4H3/b30-29+. The van der Waals surface area contributed by atoms with E-state index in [-0.39, 0.29) is 29.6 Å². The van der Waals surface area contributed by atoms with Crippen LogP contribution in [-0.4, -0.2) is 49.4 Å². The molecule has 4 aromatic rings. The van der Waals surface area contributed by atoms with Gasteiger partial charge in [0.05, 0.1) is 0 Å². The molecule has 2 aromatic carbocycles. The fraction of sp³-hybridized carbons (Fsp3) is 0.240. The lowest BCUT2D eigenvalue weighted by Gasteiger charge is -2.19. The summed E-state index contributed by atoms with van der Waals surface area (Å²) < 4.78 is 17.7. The number of hydrogen-bond acceptors (Lipinski definition) is 10. The summed E-state index contributed by atoms with van der Waals surface area (Å²) in [5, 5.41) is 8.66. The van der Waals surface area contributed by atoms with Gasteiger partial charge in [-0.15, -0.1) is 0 Å². The van der Waals surface area contributed by atoms with E-state index in [2.05, 4.69) is 25.3 Å². The summed E-state index contributed by atoms with van der Waals surface area (Å²) in [6, 6.07) is 18.0. The maximum Gasteiger partial charge on any atom is 0.436 e. The fourth-order valence-electron chi connectivity index (χ4n) is 2.98. The highest BCUT2D eigenvalue weighted by Crippen LogP contribution is 2.26. The van der Waals surface area contributed by atoms with Crippen LogP contribution in [0, 0.1) is 0 Å². The van der Waals surface area contributed by atoms with Crippen molar-refractivity contribution in [2.75, 3.05) is 7.05 Å². The van der Waals surface area contributed by atoms with E-state index in [1.54, 1.807) is 51.1 Å². The summed E-state index contributed by atoms with van der Waals surface area (Å²) in [5.41, 5.74) is 0.498. The highest BCUT2D eigenvalue weighted by atomic mass is 16.6. The largest absolute Gasteiger partial charge is 0.471 e. The fourth-order valence-corrected chi connectivity index (χ4v) is 2.98. The SMILES string of the molecule is CN(/N=N/c1nc(OCc2ccccc2)c2ncn(C(=O)OC(C)(C)C)c2n1)C(=O)Oc1ccccc1. The van der Waals surface area contributed by atoms with Crippen LogP contribution in [0.15, 0.2) is 77.3 Å². The second-order valence-corrected chi connectivity index (χ2v) is 8.76. The number of benzene rings is 2. The molecule has 1 amide bonds. The molecule has 12 heteroatoms. The summed E-state index contributed by atoms with van der Waals surface area (Å²) in [5.74, 6) is 0.268. The zero-order valence-electron chi connectivity index (χ0n) is 20.7. The average Bonchev–Trinajstić information content (AvgIpc) is 3.30. The molecule has 2 heterocycles. The van der Waals surface area contributed by atoms with Crippen molar-refractivity contribution in [1.29, 1.82) is 0 Å². The van der Waals surface area contributed by atoms with E-state index in [9.17, 15) is 9.59 Å². The minimum Gasteiger partial charge on any atom is -0.471 e. The first-order chi connectivity index (χ1) is 17.7. The minimum absolute atomic E-state index is 0.0830. The molecule has 0 saturated heterocycles. The highest BCUT2D eigenvalue weighted by Gasteiger charge is 2.23. The molecule has 4 rings (SSSR count). The molecule has 0 spiro atoms. The molecule has 0 aliphatic rings. The average molecular weight is 504 g/mol. The molecule has 2 aromatic heterocycles. The van der Waals surface area contributed by atoms with Crippen molar-refractivity contribution in [3.05, 3.63) is 72.6 Å². The summed E-state index contributed by atoms with van der Waals surface area (Å²) in [6.07, 6.45) is -0.183. The Morgan fingerprint density at radius 1 is 1.00 bits per heavy atom. The summed E-state index contributed by atoms with van der Waals surface area (Å²) >= 11 is 0. The number of carbonyl (C=O) groups is 2. The van der Waals surface area contributed by atoms with Gasteiger partial charge in [0, 0.05) is 7.05 Å². The zero-order chi connectivity index (χ0) is 26.4. The zero-order valence-corrected chi connectivity index (χ0v) is 20.7. The smallest absolute Gasteiger partial charge is 0.436 e. The number of para-hydroxylation sites is 1. The summed E-state index contributed by atoms with van der Waals surface area (Å²) in [4.78, 5) is 37.9. The monoisotopic (exact) mass is 503 g/mol. The minimum atomic E-state index is -0.768. The first kappa shape index (κ1) is 25.2. The molecule has 190 valence electrons. The quantitative estimate of drug-likeness (QED) is 0.255. The van der Waals surface area contributed by atoms with Gasteiger partial charge in [0.1, 0.15) is 24.3 Å². The van der Waals surface area contributed by atoms with E-state index in [1.807, 2.05) is 30.3 Å². The third kappa shape index (κ3) is 6.63. The highest BCUT2D eigenvalue weighted by molar-refractivity contribution is 5.87. The predicted molar refractivity (Wildman–Crippen MR) is 132 cm³/mol. The van der Waals surface area contributed by atoms with Gasteiger partial charge < -0.3 is 14.2 Å². The van der Waals surface area contributed by atoms with Gasteiger partial charge in [0.2, 0.25) is 5.88 Å². The van der Waals surface area contributed by atoms with Gasteiger partial charge >= 0.3 is 12.2 Å². The molecule has 0 atom stereocenters. The summed E-state index contributed by atoms with van der Waals surface area (Å²) in [6.45, 7) is 5.43. The Bertz CT molecular complexity index is 1420. The lowest BCUT2D eigenvalue weighted by molar-refractivity contribution is 0.0542. The van der Waals surface area contributed by atoms with Crippen molar-refractivity contribution in [3.63, 3.8) is 0 Å². The molecule has 0 unspecified atom stereocenters. The first-order valence-electron chi connectivity index (χ1n) is 11.3. The third-order valence-corrected chi connectivity index (χ3v) is 4.64. The number of amides is 1. The van der Waals surface area contributed by atoms with Gasteiger partial charge in [-0.05, 0) is 38.5 Å². The van der Waals surface area contributed by atoms with E-state index in [0.29, 0.717) is 5.75 Å². The molecule has 0 bridgehead atoms. The van der Waals surface area contributed by atoms with Crippen LogP contribution in [0.2, 0.25) is 0 Å². The Morgan fingerprint density at radius 3 is 2.35 bits per heavy atom. The lowest BCUT2D eigenvalue weighted by Crippen LogP contribution is -2.27. The van der Waals surface area contributed by atoms with Crippen LogP contribution in [0.5, 0.6) is 11.6 Å². The number of rotatable bonds is 6. The van der Waals surface area contributed by atoms with Crippen molar-refractivity contribution < 1.29 is 23.8 Å². The van der Waals surface area contributed by atoms with Crippen LogP contribution in [0.25, 0.3) is 11.2 Å². The Morgan fingerprint density at radius 2 is 1.68 bits per heavy atom. The molecular formula is C25H25N7O5. The Kier molecular flexibility index (Phi) is 7.37. The number of aromatic nitrogens is 4. The lowest BCUT2D eigenvalue weighted by atomic mass is 10.2. The normalized spacial score (nSPS) is 11.5. The topological polar surface area (TPSA) is 133 Å². The molecular weight excluding hydrogens is 478 g/mol. The van der Waals surface area contributed by atoms with E-state index in [4.69, 9.17) is 14.2 Å². The Balaban J connectivity index is 1.63. The number of nitrogens with zero attached hydrogens (tertiary/aromatic N) is 7. The predicted octanol–water partition coefficient (Wildman–Crippen LogP) is 5.32. The van der Waals surface area contributed by atoms with Gasteiger partial charge in [0.15, 0.2) is 11.2 Å². The van der Waals surface area contributed by atoms with Gasteiger partial charge in [-0.2, -0.15) is 15.0 Å². The van der Waals surface area contributed by atoms with Crippen molar-refractivity contribution >= 4 is 29.3 Å². The molecule has 0 aliphatic heterocycles. The van der Waals surface area contributed by atoms with Gasteiger partial charge in [-0.25, -0.2) is 19.1 Å². The maximum absolute atomic E-state index is 12.7. The molecule has 0 N–H and O–H groups in total. The van der Waals surface area contributed by atoms with Crippen molar-refractivity contribution in [3.8, 4) is 11.6 Å². The molecule has 0 saturated carbocycles. The van der Waals surface area contributed by atoms with E-state index in [1.165, 1.54) is 13.4 Å². The number of ether oxygens (including phenoxy) is 3. The van der Waals surface area contributed by atoms with Gasteiger partial charge in [-0.1, -0.05) is 58.9 Å². The first-order valence-corrected chi connectivity index (χ1v) is 11.3. The van der Waals surface area contributed by atoms with Crippen molar-refractivity contribution in [1.82, 2.24) is 24.5 Å². The number of fused-ring (bicyclic) bond motifs is 1. The van der Waals surface area contributed by atoms with E-state index < -0.39 is 17.8 Å². The molecule has 12 nitrogen and oxygen atoms in total. The Labute approximate surface area is 212 Å². The van der Waals surface area contributed by atoms with Crippen molar-refractivity contribution in [2.45, 2.75) is 33.0 Å². The second kappa shape index (κ2) is 10.8. The molecule has 37 heavy (non-hydrogen) atoms. The summed E-state index contributed by atoms with van der Waals surface area (Å²) in [7, 11) is 1.37. The van der Waals surface area contributed by atoms with Crippen molar-refractivity contribution in [2.24, 2.45) is 10.3 Å². The van der Waals surface area contributed by atoms with Gasteiger partial charge in [-0.3, -0.25) is 0 Å². The molecule has 0 aliphatic carbocycles. The molecule has 0 fully saturated rings. The van der Waals surface area contributed by atoms with Crippen LogP contribution in [-0.2, 0) is 11.3 Å². The van der Waals surface area contributed by atoms with Crippen LogP contribution in [0.4, 0.5) is 15.5 Å². The van der Waals surface area contributed by atoms with Crippen LogP contribution >= 0.6 is 0 Å². The van der Waals surface area contributed by atoms with E-state index >= 15 is 0 Å².